The Morgan fingerprint density at radius 3 is 2.20 bits per heavy atom. The summed E-state index contributed by atoms with van der Waals surface area (Å²) in [5.41, 5.74) is 0.278. The lowest BCUT2D eigenvalue weighted by Crippen LogP contribution is -2.59. The summed E-state index contributed by atoms with van der Waals surface area (Å²) in [6.07, 6.45) is 1.74. The van der Waals surface area contributed by atoms with Crippen LogP contribution in [0.25, 0.3) is 0 Å². The minimum absolute atomic E-state index is 0.0534. The second kappa shape index (κ2) is 12.8. The number of carboxylic acid groups (broad SMARTS) is 1. The monoisotopic (exact) mass is 567 g/mol. The Balaban J connectivity index is 1.40. The van der Waals surface area contributed by atoms with E-state index in [2.05, 4.69) is 15.5 Å². The van der Waals surface area contributed by atoms with Gasteiger partial charge in [-0.05, 0) is 43.5 Å². The number of amides is 4. The number of carboxylic acids is 1. The number of urea groups is 1. The molecule has 1 spiro atoms. The van der Waals surface area contributed by atoms with E-state index in [1.807, 2.05) is 42.2 Å². The van der Waals surface area contributed by atoms with E-state index >= 15 is 0 Å². The van der Waals surface area contributed by atoms with E-state index in [1.54, 1.807) is 23.1 Å². The van der Waals surface area contributed by atoms with Gasteiger partial charge in [0.05, 0.1) is 27.4 Å². The molecule has 2 fully saturated rings. The Labute approximate surface area is 239 Å². The number of piperidine rings is 1. The number of ether oxygens (including phenoxy) is 2. The van der Waals surface area contributed by atoms with Crippen molar-refractivity contribution in [2.75, 3.05) is 52.0 Å². The van der Waals surface area contributed by atoms with Crippen molar-refractivity contribution in [3.63, 3.8) is 0 Å². The van der Waals surface area contributed by atoms with Crippen molar-refractivity contribution in [2.24, 2.45) is 0 Å². The number of aliphatic carboxylic acids is 1. The summed E-state index contributed by atoms with van der Waals surface area (Å²) in [5.74, 6) is -1.50. The van der Waals surface area contributed by atoms with Crippen molar-refractivity contribution < 1.29 is 33.8 Å². The molecule has 4 amide bonds. The summed E-state index contributed by atoms with van der Waals surface area (Å²) < 4.78 is 10.5. The highest BCUT2D eigenvalue weighted by Crippen LogP contribution is 2.39. The van der Waals surface area contributed by atoms with Gasteiger partial charge in [-0.25, -0.2) is 9.59 Å². The molecule has 3 N–H and O–H groups in total. The number of hydrogen-bond acceptors (Lipinski definition) is 7. The molecule has 4 rings (SSSR count). The number of para-hydroxylation sites is 1. The molecular formula is C29H37N5O7. The third-order valence-electron chi connectivity index (χ3n) is 7.67. The van der Waals surface area contributed by atoms with Crippen molar-refractivity contribution in [1.29, 1.82) is 0 Å². The number of nitrogens with one attached hydrogen (secondary N) is 2. The number of carbonyl (C=O) groups excluding carboxylic acids is 3. The molecule has 0 bridgehead atoms. The van der Waals surface area contributed by atoms with Crippen LogP contribution in [0, 0.1) is 0 Å². The highest BCUT2D eigenvalue weighted by molar-refractivity contribution is 6.01. The first kappa shape index (κ1) is 29.5. The number of benzene rings is 2. The SMILES string of the molecule is CCCN1CN(c2ccccc2)C2(CCN(C(=O)NCC(NC(=O)c3c(OC)cccc3OC)C(=O)O)CC2)C1=O. The standard InChI is InChI=1S/C29H37N5O7/c1-4-15-33-19-34(20-9-6-5-7-10-20)29(27(33)38)13-16-32(17-14-29)28(39)30-18-21(26(36)37)31-25(35)24-22(40-2)11-8-12-23(24)41-3/h5-12,21H,4,13-19H2,1-3H3,(H,30,39)(H,31,35)(H,36,37). The van der Waals surface area contributed by atoms with E-state index in [0.717, 1.165) is 12.1 Å². The van der Waals surface area contributed by atoms with Crippen molar-refractivity contribution in [1.82, 2.24) is 20.4 Å². The minimum atomic E-state index is -1.40. The highest BCUT2D eigenvalue weighted by Gasteiger charge is 2.53. The first-order valence-electron chi connectivity index (χ1n) is 13.6. The largest absolute Gasteiger partial charge is 0.496 e. The van der Waals surface area contributed by atoms with Crippen LogP contribution >= 0.6 is 0 Å². The molecule has 2 saturated heterocycles. The van der Waals surface area contributed by atoms with Gasteiger partial charge in [0.2, 0.25) is 5.91 Å². The van der Waals surface area contributed by atoms with Crippen LogP contribution in [0.15, 0.2) is 48.5 Å². The molecule has 12 heteroatoms. The van der Waals surface area contributed by atoms with E-state index in [1.165, 1.54) is 14.2 Å². The second-order valence-corrected chi connectivity index (χ2v) is 10.1. The first-order valence-corrected chi connectivity index (χ1v) is 13.6. The van der Waals surface area contributed by atoms with Gasteiger partial charge in [-0.15, -0.1) is 0 Å². The summed E-state index contributed by atoms with van der Waals surface area (Å²) in [4.78, 5) is 57.1. The Bertz CT molecular complexity index is 1240. The molecule has 1 atom stereocenters. The normalized spacial score (nSPS) is 16.9. The molecule has 1 unspecified atom stereocenters. The highest BCUT2D eigenvalue weighted by atomic mass is 16.5. The lowest BCUT2D eigenvalue weighted by molar-refractivity contribution is -0.139. The summed E-state index contributed by atoms with van der Waals surface area (Å²) in [5, 5.41) is 14.8. The molecule has 12 nitrogen and oxygen atoms in total. The van der Waals surface area contributed by atoms with Gasteiger partial charge in [0, 0.05) is 25.3 Å². The first-order chi connectivity index (χ1) is 19.7. The van der Waals surface area contributed by atoms with E-state index in [-0.39, 0.29) is 29.5 Å². The molecule has 2 aliphatic heterocycles. The molecule has 0 radical (unpaired) electrons. The lowest BCUT2D eigenvalue weighted by Gasteiger charge is -2.43. The lowest BCUT2D eigenvalue weighted by atomic mass is 9.85. The summed E-state index contributed by atoms with van der Waals surface area (Å²) in [6, 6.07) is 12.7. The molecule has 2 heterocycles. The summed E-state index contributed by atoms with van der Waals surface area (Å²) >= 11 is 0. The van der Waals surface area contributed by atoms with Gasteiger partial charge in [-0.3, -0.25) is 9.59 Å². The molecule has 0 aliphatic carbocycles. The van der Waals surface area contributed by atoms with Crippen LogP contribution < -0.4 is 25.0 Å². The predicted octanol–water partition coefficient (Wildman–Crippen LogP) is 2.15. The van der Waals surface area contributed by atoms with Gasteiger partial charge in [-0.2, -0.15) is 0 Å². The number of hydrogen-bond donors (Lipinski definition) is 3. The minimum Gasteiger partial charge on any atom is -0.496 e. The van der Waals surface area contributed by atoms with E-state index in [9.17, 15) is 24.3 Å². The van der Waals surface area contributed by atoms with E-state index < -0.39 is 29.5 Å². The van der Waals surface area contributed by atoms with Crippen molar-refractivity contribution in [3.05, 3.63) is 54.1 Å². The van der Waals surface area contributed by atoms with Crippen molar-refractivity contribution >= 4 is 29.5 Å². The van der Waals surface area contributed by atoms with Gasteiger partial charge in [-0.1, -0.05) is 31.2 Å². The molecular weight excluding hydrogens is 530 g/mol. The quantitative estimate of drug-likeness (QED) is 0.397. The Morgan fingerprint density at radius 1 is 1.00 bits per heavy atom. The summed E-state index contributed by atoms with van der Waals surface area (Å²) in [7, 11) is 2.78. The fraction of sp³-hybridized carbons (Fsp3) is 0.448. The van der Waals surface area contributed by atoms with Crippen LogP contribution in [0.5, 0.6) is 11.5 Å². The van der Waals surface area contributed by atoms with Crippen molar-refractivity contribution in [2.45, 2.75) is 37.8 Å². The number of carbonyl (C=O) groups is 4. The third-order valence-corrected chi connectivity index (χ3v) is 7.67. The summed E-state index contributed by atoms with van der Waals surface area (Å²) in [6.45, 7) is 3.51. The van der Waals surface area contributed by atoms with Crippen LogP contribution in [0.4, 0.5) is 10.5 Å². The average Bonchev–Trinajstić information content (AvgIpc) is 3.25. The smallest absolute Gasteiger partial charge is 0.328 e. The zero-order valence-corrected chi connectivity index (χ0v) is 23.6. The van der Waals surface area contributed by atoms with Crippen LogP contribution in [0.1, 0.15) is 36.5 Å². The number of likely N-dealkylation sites (tertiary alicyclic amines) is 1. The number of nitrogens with zero attached hydrogens (tertiary/aromatic N) is 3. The zero-order chi connectivity index (χ0) is 29.6. The third kappa shape index (κ3) is 6.01. The molecule has 41 heavy (non-hydrogen) atoms. The second-order valence-electron chi connectivity index (χ2n) is 10.1. The van der Waals surface area contributed by atoms with Gasteiger partial charge in [0.25, 0.3) is 5.91 Å². The van der Waals surface area contributed by atoms with E-state index in [0.29, 0.717) is 39.1 Å². The average molecular weight is 568 g/mol. The molecule has 2 aromatic carbocycles. The zero-order valence-electron chi connectivity index (χ0n) is 23.6. The van der Waals surface area contributed by atoms with Gasteiger partial charge in [0.1, 0.15) is 28.6 Å². The molecule has 2 aliphatic rings. The van der Waals surface area contributed by atoms with Crippen LogP contribution in [0.3, 0.4) is 0 Å². The molecule has 0 saturated carbocycles. The van der Waals surface area contributed by atoms with Gasteiger partial charge < -0.3 is 39.9 Å². The van der Waals surface area contributed by atoms with Crippen LogP contribution in [0.2, 0.25) is 0 Å². The van der Waals surface area contributed by atoms with Gasteiger partial charge in [0.15, 0.2) is 0 Å². The van der Waals surface area contributed by atoms with E-state index in [4.69, 9.17) is 9.47 Å². The maximum atomic E-state index is 13.6. The molecule has 2 aromatic rings. The van der Waals surface area contributed by atoms with Gasteiger partial charge >= 0.3 is 12.0 Å². The maximum Gasteiger partial charge on any atom is 0.328 e. The number of rotatable bonds is 10. The Kier molecular flexibility index (Phi) is 9.21. The van der Waals surface area contributed by atoms with Crippen molar-refractivity contribution in [3.8, 4) is 11.5 Å². The number of methoxy groups -OCH3 is 2. The predicted molar refractivity (Wildman–Crippen MR) is 151 cm³/mol. The Morgan fingerprint density at radius 2 is 1.63 bits per heavy atom. The fourth-order valence-electron chi connectivity index (χ4n) is 5.53. The molecule has 0 aromatic heterocycles. The molecule has 220 valence electrons. The van der Waals surface area contributed by atoms with Crippen LogP contribution in [-0.2, 0) is 9.59 Å². The Hall–Kier alpha value is -4.48. The number of anilines is 1. The van der Waals surface area contributed by atoms with Crippen LogP contribution in [-0.4, -0.2) is 97.4 Å². The maximum absolute atomic E-state index is 13.6. The fourth-order valence-corrected chi connectivity index (χ4v) is 5.53. The topological polar surface area (TPSA) is 141 Å².